The first kappa shape index (κ1) is 19.5. The largest absolute Gasteiger partial charge is 0.418 e. The fourth-order valence-electron chi connectivity index (χ4n) is 2.92. The van der Waals surface area contributed by atoms with Crippen LogP contribution in [0.2, 0.25) is 0 Å². The molecule has 1 fully saturated rings. The predicted molar refractivity (Wildman–Crippen MR) is 97.1 cm³/mol. The third kappa shape index (κ3) is 4.51. The molecule has 2 aromatic carbocycles. The molecule has 7 nitrogen and oxygen atoms in total. The summed E-state index contributed by atoms with van der Waals surface area (Å²) in [6.45, 7) is 1.61. The van der Waals surface area contributed by atoms with Gasteiger partial charge in [0.2, 0.25) is 5.91 Å². The number of nitrogens with one attached hydrogen (secondary N) is 2. The van der Waals surface area contributed by atoms with Crippen LogP contribution in [-0.4, -0.2) is 30.5 Å². The molecule has 0 saturated carbocycles. The molecule has 1 aliphatic heterocycles. The van der Waals surface area contributed by atoms with E-state index in [9.17, 15) is 28.1 Å². The molecule has 1 heterocycles. The lowest BCUT2D eigenvalue weighted by Gasteiger charge is -2.28. The van der Waals surface area contributed by atoms with Crippen LogP contribution in [0.4, 0.5) is 30.2 Å². The molecule has 1 saturated heterocycles. The summed E-state index contributed by atoms with van der Waals surface area (Å²) in [5.41, 5.74) is -0.345. The van der Waals surface area contributed by atoms with Crippen molar-refractivity contribution in [2.75, 3.05) is 29.9 Å². The number of hydrogen-bond acceptors (Lipinski definition) is 5. The van der Waals surface area contributed by atoms with Crippen molar-refractivity contribution >= 4 is 23.0 Å². The number of carbonyl (C=O) groups excluding carboxylic acids is 1. The van der Waals surface area contributed by atoms with Gasteiger partial charge in [-0.05, 0) is 23.8 Å². The molecule has 0 aromatic heterocycles. The minimum Gasteiger partial charge on any atom is -0.380 e. The van der Waals surface area contributed by atoms with Crippen LogP contribution in [0.5, 0.6) is 0 Å². The van der Waals surface area contributed by atoms with Crippen LogP contribution in [0.3, 0.4) is 0 Å². The highest BCUT2D eigenvalue weighted by atomic mass is 19.4. The minimum atomic E-state index is -4.72. The van der Waals surface area contributed by atoms with E-state index in [0.717, 1.165) is 23.4 Å². The van der Waals surface area contributed by atoms with Crippen LogP contribution in [0.25, 0.3) is 0 Å². The van der Waals surface area contributed by atoms with Crippen LogP contribution in [-0.2, 0) is 17.5 Å². The molecule has 10 heteroatoms. The van der Waals surface area contributed by atoms with Gasteiger partial charge in [-0.3, -0.25) is 14.9 Å². The maximum Gasteiger partial charge on any atom is 0.418 e. The van der Waals surface area contributed by atoms with Gasteiger partial charge in [0.05, 0.1) is 17.0 Å². The molecular formula is C18H17F3N4O3. The van der Waals surface area contributed by atoms with Gasteiger partial charge in [0.25, 0.3) is 5.69 Å². The van der Waals surface area contributed by atoms with E-state index < -0.39 is 22.4 Å². The van der Waals surface area contributed by atoms with Crippen LogP contribution in [0.15, 0.2) is 42.5 Å². The second-order valence-electron chi connectivity index (χ2n) is 6.28. The van der Waals surface area contributed by atoms with Gasteiger partial charge in [0, 0.05) is 43.1 Å². The van der Waals surface area contributed by atoms with Gasteiger partial charge in [-0.1, -0.05) is 12.1 Å². The van der Waals surface area contributed by atoms with Crippen molar-refractivity contribution in [1.82, 2.24) is 5.32 Å². The Morgan fingerprint density at radius 3 is 2.50 bits per heavy atom. The number of benzene rings is 2. The topological polar surface area (TPSA) is 87.5 Å². The summed E-state index contributed by atoms with van der Waals surface area (Å²) in [4.78, 5) is 23.2. The summed E-state index contributed by atoms with van der Waals surface area (Å²) in [5, 5.41) is 16.2. The summed E-state index contributed by atoms with van der Waals surface area (Å²) < 4.78 is 39.6. The molecule has 0 radical (unpaired) electrons. The van der Waals surface area contributed by atoms with E-state index in [1.165, 1.54) is 0 Å². The van der Waals surface area contributed by atoms with E-state index in [1.54, 1.807) is 24.3 Å². The van der Waals surface area contributed by atoms with Crippen molar-refractivity contribution in [1.29, 1.82) is 0 Å². The summed E-state index contributed by atoms with van der Waals surface area (Å²) >= 11 is 0. The lowest BCUT2D eigenvalue weighted by molar-refractivity contribution is -0.385. The van der Waals surface area contributed by atoms with Crippen LogP contribution in [0.1, 0.15) is 11.1 Å². The van der Waals surface area contributed by atoms with Crippen molar-refractivity contribution in [3.05, 3.63) is 63.7 Å². The fourth-order valence-corrected chi connectivity index (χ4v) is 2.92. The third-order valence-corrected chi connectivity index (χ3v) is 4.34. The molecule has 0 aliphatic carbocycles. The van der Waals surface area contributed by atoms with Crippen molar-refractivity contribution in [2.24, 2.45) is 0 Å². The number of nitrogens with zero attached hydrogens (tertiary/aromatic N) is 2. The number of alkyl halides is 3. The monoisotopic (exact) mass is 394 g/mol. The Kier molecular flexibility index (Phi) is 5.39. The third-order valence-electron chi connectivity index (χ3n) is 4.34. The smallest absolute Gasteiger partial charge is 0.380 e. The SMILES string of the molecule is O=C1CN(c2ccc(CNc3ccc([N+](=O)[O-])cc3C(F)(F)F)cc2)CCN1. The first-order valence-corrected chi connectivity index (χ1v) is 8.44. The molecule has 1 amide bonds. The fraction of sp³-hybridized carbons (Fsp3) is 0.278. The summed E-state index contributed by atoms with van der Waals surface area (Å²) in [7, 11) is 0. The van der Waals surface area contributed by atoms with Gasteiger partial charge in [-0.15, -0.1) is 0 Å². The zero-order chi connectivity index (χ0) is 20.3. The van der Waals surface area contributed by atoms with E-state index in [0.29, 0.717) is 19.2 Å². The zero-order valence-electron chi connectivity index (χ0n) is 14.6. The summed E-state index contributed by atoms with van der Waals surface area (Å²) in [6.07, 6.45) is -4.72. The van der Waals surface area contributed by atoms with Crippen molar-refractivity contribution in [3.8, 4) is 0 Å². The maximum atomic E-state index is 13.2. The first-order chi connectivity index (χ1) is 13.2. The van der Waals surface area contributed by atoms with E-state index in [4.69, 9.17) is 0 Å². The highest BCUT2D eigenvalue weighted by Crippen LogP contribution is 2.37. The second kappa shape index (κ2) is 7.75. The molecule has 1 aliphatic rings. The highest BCUT2D eigenvalue weighted by Gasteiger charge is 2.35. The van der Waals surface area contributed by atoms with Gasteiger partial charge < -0.3 is 15.5 Å². The lowest BCUT2D eigenvalue weighted by Crippen LogP contribution is -2.47. The average molecular weight is 394 g/mol. The van der Waals surface area contributed by atoms with Gasteiger partial charge in [-0.2, -0.15) is 13.2 Å². The van der Waals surface area contributed by atoms with Crippen LogP contribution < -0.4 is 15.5 Å². The number of halogens is 3. The first-order valence-electron chi connectivity index (χ1n) is 8.44. The summed E-state index contributed by atoms with van der Waals surface area (Å²) in [6, 6.07) is 9.73. The van der Waals surface area contributed by atoms with E-state index >= 15 is 0 Å². The van der Waals surface area contributed by atoms with Gasteiger partial charge >= 0.3 is 6.18 Å². The van der Waals surface area contributed by atoms with Crippen LogP contribution >= 0.6 is 0 Å². The Morgan fingerprint density at radius 2 is 1.89 bits per heavy atom. The highest BCUT2D eigenvalue weighted by molar-refractivity contribution is 5.82. The number of anilines is 2. The molecule has 0 bridgehead atoms. The molecule has 28 heavy (non-hydrogen) atoms. The molecule has 3 rings (SSSR count). The number of nitro groups is 1. The number of piperazine rings is 1. The normalized spacial score (nSPS) is 14.5. The quantitative estimate of drug-likeness (QED) is 0.601. The molecule has 2 N–H and O–H groups in total. The van der Waals surface area contributed by atoms with Crippen LogP contribution in [0, 0.1) is 10.1 Å². The number of hydrogen-bond donors (Lipinski definition) is 2. The van der Waals surface area contributed by atoms with E-state index in [-0.39, 0.29) is 24.7 Å². The molecule has 2 aromatic rings. The average Bonchev–Trinajstić information content (AvgIpc) is 2.66. The van der Waals surface area contributed by atoms with E-state index in [1.807, 2.05) is 4.90 Å². The number of amides is 1. The number of nitro benzene ring substituents is 1. The molecule has 0 spiro atoms. The zero-order valence-corrected chi connectivity index (χ0v) is 14.6. The Labute approximate surface area is 158 Å². The van der Waals surface area contributed by atoms with Crippen molar-refractivity contribution in [3.63, 3.8) is 0 Å². The lowest BCUT2D eigenvalue weighted by atomic mass is 10.1. The maximum absolute atomic E-state index is 13.2. The van der Waals surface area contributed by atoms with Gasteiger partial charge in [0.15, 0.2) is 0 Å². The van der Waals surface area contributed by atoms with E-state index in [2.05, 4.69) is 10.6 Å². The van der Waals surface area contributed by atoms with Gasteiger partial charge in [0.1, 0.15) is 0 Å². The summed E-state index contributed by atoms with van der Waals surface area (Å²) in [5.74, 6) is -0.0603. The Bertz CT molecular complexity index is 885. The molecule has 0 atom stereocenters. The second-order valence-corrected chi connectivity index (χ2v) is 6.28. The van der Waals surface area contributed by atoms with Gasteiger partial charge in [-0.25, -0.2) is 0 Å². The Hall–Kier alpha value is -3.30. The molecule has 148 valence electrons. The molecular weight excluding hydrogens is 377 g/mol. The molecule has 0 unspecified atom stereocenters. The number of non-ortho nitro benzene ring substituents is 1. The number of rotatable bonds is 5. The predicted octanol–water partition coefficient (Wildman–Crippen LogP) is 3.16. The Morgan fingerprint density at radius 1 is 1.18 bits per heavy atom. The standard InChI is InChI=1S/C18H17F3N4O3/c19-18(20,21)15-9-14(25(27)28)5-6-16(15)23-10-12-1-3-13(4-2-12)24-8-7-22-17(26)11-24/h1-6,9,23H,7-8,10-11H2,(H,22,26). The minimum absolute atomic E-state index is 0.0603. The van der Waals surface area contributed by atoms with Crippen molar-refractivity contribution in [2.45, 2.75) is 12.7 Å². The van der Waals surface area contributed by atoms with Crippen molar-refractivity contribution < 1.29 is 22.9 Å². The Balaban J connectivity index is 1.71. The number of carbonyl (C=O) groups is 1.